The fraction of sp³-hybridized carbons (Fsp3) is 1.00. The summed E-state index contributed by atoms with van der Waals surface area (Å²) in [4.78, 5) is 0. The van der Waals surface area contributed by atoms with Crippen LogP contribution in [-0.2, 0) is 10.0 Å². The third-order valence-corrected chi connectivity index (χ3v) is 6.25. The minimum absolute atomic E-state index is 0.109. The topological polar surface area (TPSA) is 49.4 Å². The second-order valence-corrected chi connectivity index (χ2v) is 7.13. The standard InChI is InChI=1S/C11H22N2O2S/c1-10-9-12-7-8-13(10)16(14,15)11-5-3-2-4-6-11/h10-12H,2-9H2,1H3. The average molecular weight is 246 g/mol. The van der Waals surface area contributed by atoms with E-state index in [1.165, 1.54) is 6.42 Å². The van der Waals surface area contributed by atoms with Crippen molar-refractivity contribution in [3.63, 3.8) is 0 Å². The summed E-state index contributed by atoms with van der Waals surface area (Å²) in [5.41, 5.74) is 0. The second kappa shape index (κ2) is 5.02. The van der Waals surface area contributed by atoms with Gasteiger partial charge in [-0.05, 0) is 19.8 Å². The molecule has 5 heteroatoms. The van der Waals surface area contributed by atoms with E-state index in [4.69, 9.17) is 0 Å². The monoisotopic (exact) mass is 246 g/mol. The summed E-state index contributed by atoms with van der Waals surface area (Å²) < 4.78 is 26.6. The molecule has 4 nitrogen and oxygen atoms in total. The highest BCUT2D eigenvalue weighted by atomic mass is 32.2. The van der Waals surface area contributed by atoms with E-state index in [1.54, 1.807) is 4.31 Å². The van der Waals surface area contributed by atoms with Crippen LogP contribution < -0.4 is 5.32 Å². The van der Waals surface area contributed by atoms with Gasteiger partial charge in [0, 0.05) is 25.7 Å². The molecule has 0 amide bonds. The molecule has 2 fully saturated rings. The number of hydrogen-bond acceptors (Lipinski definition) is 3. The molecule has 0 aromatic rings. The van der Waals surface area contributed by atoms with Crippen LogP contribution in [0.2, 0.25) is 0 Å². The van der Waals surface area contributed by atoms with Crippen molar-refractivity contribution >= 4 is 10.0 Å². The van der Waals surface area contributed by atoms with Gasteiger partial charge in [0.2, 0.25) is 10.0 Å². The van der Waals surface area contributed by atoms with Gasteiger partial charge in [-0.25, -0.2) is 8.42 Å². The number of nitrogens with zero attached hydrogens (tertiary/aromatic N) is 1. The minimum atomic E-state index is -3.04. The lowest BCUT2D eigenvalue weighted by Gasteiger charge is -2.36. The SMILES string of the molecule is CC1CNCCN1S(=O)(=O)C1CCCCC1. The number of rotatable bonds is 2. The van der Waals surface area contributed by atoms with Crippen LogP contribution >= 0.6 is 0 Å². The molecule has 1 aliphatic heterocycles. The Morgan fingerprint density at radius 2 is 1.88 bits per heavy atom. The zero-order valence-corrected chi connectivity index (χ0v) is 10.8. The van der Waals surface area contributed by atoms with Crippen LogP contribution in [0.5, 0.6) is 0 Å². The maximum absolute atomic E-state index is 12.4. The molecule has 1 heterocycles. The molecule has 16 heavy (non-hydrogen) atoms. The van der Waals surface area contributed by atoms with Gasteiger partial charge in [-0.2, -0.15) is 4.31 Å². The van der Waals surface area contributed by atoms with E-state index < -0.39 is 10.0 Å². The summed E-state index contributed by atoms with van der Waals surface area (Å²) in [6.45, 7) is 4.20. The molecule has 0 radical (unpaired) electrons. The summed E-state index contributed by atoms with van der Waals surface area (Å²) in [5.74, 6) is 0. The average Bonchev–Trinajstić information content (AvgIpc) is 2.30. The van der Waals surface area contributed by atoms with Crippen LogP contribution in [-0.4, -0.2) is 43.6 Å². The Labute approximate surface area is 98.4 Å². The van der Waals surface area contributed by atoms with E-state index in [9.17, 15) is 8.42 Å². The summed E-state index contributed by atoms with van der Waals surface area (Å²) in [7, 11) is -3.04. The Kier molecular flexibility index (Phi) is 3.87. The van der Waals surface area contributed by atoms with Crippen molar-refractivity contribution < 1.29 is 8.42 Å². The molecule has 0 aromatic carbocycles. The molecule has 0 spiro atoms. The Hall–Kier alpha value is -0.130. The van der Waals surface area contributed by atoms with Crippen molar-refractivity contribution in [2.75, 3.05) is 19.6 Å². The van der Waals surface area contributed by atoms with Crippen molar-refractivity contribution in [1.29, 1.82) is 0 Å². The number of piperazine rings is 1. The van der Waals surface area contributed by atoms with E-state index in [-0.39, 0.29) is 11.3 Å². The van der Waals surface area contributed by atoms with Gasteiger partial charge in [-0.1, -0.05) is 19.3 Å². The Bertz CT molecular complexity index is 323. The van der Waals surface area contributed by atoms with E-state index in [2.05, 4.69) is 5.32 Å². The van der Waals surface area contributed by atoms with E-state index in [1.807, 2.05) is 6.92 Å². The van der Waals surface area contributed by atoms with Gasteiger partial charge in [0.15, 0.2) is 0 Å². The van der Waals surface area contributed by atoms with Crippen LogP contribution in [0.25, 0.3) is 0 Å². The summed E-state index contributed by atoms with van der Waals surface area (Å²) in [6, 6.07) is 0.112. The third-order valence-electron chi connectivity index (χ3n) is 3.74. The largest absolute Gasteiger partial charge is 0.314 e. The number of sulfonamides is 1. The summed E-state index contributed by atoms with van der Waals surface area (Å²) >= 11 is 0. The predicted molar refractivity (Wildman–Crippen MR) is 64.8 cm³/mol. The zero-order valence-electron chi connectivity index (χ0n) is 9.98. The van der Waals surface area contributed by atoms with Gasteiger partial charge in [0.05, 0.1) is 5.25 Å². The highest BCUT2D eigenvalue weighted by Crippen LogP contribution is 2.27. The Morgan fingerprint density at radius 1 is 1.19 bits per heavy atom. The van der Waals surface area contributed by atoms with Gasteiger partial charge in [0.1, 0.15) is 0 Å². The molecule has 94 valence electrons. The molecule has 1 N–H and O–H groups in total. The molecular weight excluding hydrogens is 224 g/mol. The zero-order chi connectivity index (χ0) is 11.6. The summed E-state index contributed by atoms with van der Waals surface area (Å²) in [6.07, 6.45) is 5.07. The lowest BCUT2D eigenvalue weighted by atomic mass is 10.0. The molecule has 1 saturated heterocycles. The molecule has 1 atom stereocenters. The van der Waals surface area contributed by atoms with E-state index in [0.717, 1.165) is 38.8 Å². The highest BCUT2D eigenvalue weighted by Gasteiger charge is 2.36. The third kappa shape index (κ3) is 2.41. The first-order valence-electron chi connectivity index (χ1n) is 6.34. The molecule has 2 rings (SSSR count). The van der Waals surface area contributed by atoms with Gasteiger partial charge in [0.25, 0.3) is 0 Å². The van der Waals surface area contributed by atoms with Crippen molar-refractivity contribution in [3.05, 3.63) is 0 Å². The Balaban J connectivity index is 2.10. The lowest BCUT2D eigenvalue weighted by Crippen LogP contribution is -2.54. The van der Waals surface area contributed by atoms with Gasteiger partial charge < -0.3 is 5.32 Å². The fourth-order valence-corrected chi connectivity index (χ4v) is 4.99. The first kappa shape index (κ1) is 12.3. The normalized spacial score (nSPS) is 30.4. The van der Waals surface area contributed by atoms with Crippen LogP contribution in [0, 0.1) is 0 Å². The van der Waals surface area contributed by atoms with Gasteiger partial charge in [-0.3, -0.25) is 0 Å². The van der Waals surface area contributed by atoms with Crippen molar-refractivity contribution in [2.24, 2.45) is 0 Å². The Morgan fingerprint density at radius 3 is 2.50 bits per heavy atom. The quantitative estimate of drug-likeness (QED) is 0.789. The number of hydrogen-bond donors (Lipinski definition) is 1. The van der Waals surface area contributed by atoms with Crippen LogP contribution in [0.3, 0.4) is 0 Å². The van der Waals surface area contributed by atoms with Crippen LogP contribution in [0.1, 0.15) is 39.0 Å². The molecular formula is C11H22N2O2S. The molecule has 1 saturated carbocycles. The molecule has 1 aliphatic carbocycles. The maximum Gasteiger partial charge on any atom is 0.217 e. The van der Waals surface area contributed by atoms with Crippen LogP contribution in [0.4, 0.5) is 0 Å². The molecule has 0 aromatic heterocycles. The summed E-state index contributed by atoms with van der Waals surface area (Å²) in [5, 5.41) is 3.12. The lowest BCUT2D eigenvalue weighted by molar-refractivity contribution is 0.277. The smallest absolute Gasteiger partial charge is 0.217 e. The first-order chi connectivity index (χ1) is 7.62. The second-order valence-electron chi connectivity index (χ2n) is 4.97. The fourth-order valence-electron chi connectivity index (χ4n) is 2.75. The van der Waals surface area contributed by atoms with Gasteiger partial charge >= 0.3 is 0 Å². The first-order valence-corrected chi connectivity index (χ1v) is 7.84. The molecule has 2 aliphatic rings. The van der Waals surface area contributed by atoms with Crippen molar-refractivity contribution in [2.45, 2.75) is 50.3 Å². The predicted octanol–water partition coefficient (Wildman–Crippen LogP) is 0.943. The molecule has 1 unspecified atom stereocenters. The van der Waals surface area contributed by atoms with E-state index >= 15 is 0 Å². The number of nitrogens with one attached hydrogen (secondary N) is 1. The van der Waals surface area contributed by atoms with Gasteiger partial charge in [-0.15, -0.1) is 0 Å². The van der Waals surface area contributed by atoms with E-state index in [0.29, 0.717) is 6.54 Å². The molecule has 0 bridgehead atoms. The van der Waals surface area contributed by atoms with Crippen molar-refractivity contribution in [3.8, 4) is 0 Å². The maximum atomic E-state index is 12.4. The highest BCUT2D eigenvalue weighted by molar-refractivity contribution is 7.89. The van der Waals surface area contributed by atoms with Crippen molar-refractivity contribution in [1.82, 2.24) is 9.62 Å². The van der Waals surface area contributed by atoms with Crippen LogP contribution in [0.15, 0.2) is 0 Å². The minimum Gasteiger partial charge on any atom is -0.314 e.